The van der Waals surface area contributed by atoms with Gasteiger partial charge in [-0.2, -0.15) is 0 Å². The first-order valence-electron chi connectivity index (χ1n) is 21.0. The molecule has 9 aromatic rings. The molecule has 0 saturated carbocycles. The molecule has 0 amide bonds. The first kappa shape index (κ1) is 42.6. The van der Waals surface area contributed by atoms with Crippen molar-refractivity contribution in [2.24, 2.45) is 0 Å². The van der Waals surface area contributed by atoms with Gasteiger partial charge >= 0.3 is 0 Å². The fourth-order valence-electron chi connectivity index (χ4n) is 7.59. The largest absolute Gasteiger partial charge is 0.305 e. The van der Waals surface area contributed by atoms with Crippen LogP contribution in [0.25, 0.3) is 67.0 Å². The minimum Gasteiger partial charge on any atom is -0.305 e. The molecule has 0 atom stereocenters. The van der Waals surface area contributed by atoms with Crippen LogP contribution in [0.5, 0.6) is 0 Å². The van der Waals surface area contributed by atoms with E-state index in [-0.39, 0.29) is 20.1 Å². The minimum atomic E-state index is 0. The van der Waals surface area contributed by atoms with Crippen LogP contribution in [0.15, 0.2) is 219 Å². The van der Waals surface area contributed by atoms with Crippen LogP contribution in [-0.4, -0.2) is 9.97 Å². The number of pyridine rings is 2. The summed E-state index contributed by atoms with van der Waals surface area (Å²) in [5, 5.41) is 0. The Morgan fingerprint density at radius 1 is 0.311 bits per heavy atom. The molecule has 9 rings (SSSR count). The first-order chi connectivity index (χ1) is 29.7. The smallest absolute Gasteiger partial charge is 0.0160 e. The number of hydrogen-bond donors (Lipinski definition) is 0. The fraction of sp³-hybridized carbons (Fsp3) is 0.103. The molecule has 0 aliphatic heterocycles. The first-order valence-corrected chi connectivity index (χ1v) is 21.0. The average molecular weight is 965 g/mol. The second-order valence-corrected chi connectivity index (χ2v) is 15.0. The van der Waals surface area contributed by atoms with Crippen molar-refractivity contribution in [3.05, 3.63) is 242 Å². The molecule has 3 heteroatoms. The third kappa shape index (κ3) is 12.0. The maximum absolute atomic E-state index is 4.51. The zero-order valence-corrected chi connectivity index (χ0v) is 36.7. The second-order valence-electron chi connectivity index (χ2n) is 15.0. The summed E-state index contributed by atoms with van der Waals surface area (Å²) in [6.45, 7) is 0. The van der Waals surface area contributed by atoms with E-state index in [4.69, 9.17) is 0 Å². The Kier molecular flexibility index (Phi) is 15.5. The van der Waals surface area contributed by atoms with Crippen molar-refractivity contribution >= 4 is 0 Å². The number of aromatic nitrogens is 2. The zero-order chi connectivity index (χ0) is 40.6. The Labute approximate surface area is 375 Å². The van der Waals surface area contributed by atoms with Crippen LogP contribution >= 0.6 is 0 Å². The van der Waals surface area contributed by atoms with E-state index in [0.29, 0.717) is 0 Å². The van der Waals surface area contributed by atoms with Crippen molar-refractivity contribution in [2.45, 2.75) is 38.5 Å². The summed E-state index contributed by atoms with van der Waals surface area (Å²) >= 11 is 0. The van der Waals surface area contributed by atoms with Gasteiger partial charge in [0.15, 0.2) is 0 Å². The van der Waals surface area contributed by atoms with Gasteiger partial charge in [0.2, 0.25) is 0 Å². The van der Waals surface area contributed by atoms with Crippen LogP contribution in [0.2, 0.25) is 0 Å². The van der Waals surface area contributed by atoms with Gasteiger partial charge in [-0.25, -0.2) is 0 Å². The SMILES string of the molecule is [Ir].[c-]1ccc(-c2cccc(-c3cccc(-c4cccc(-c5cccc(CCCCCCc6ccccc6)c5)c4)c3)c2)cc1-c1ccccn1.[c-]1ccccc1-c1ccccn1. The fourth-order valence-corrected chi connectivity index (χ4v) is 7.59. The summed E-state index contributed by atoms with van der Waals surface area (Å²) in [5.74, 6) is 0. The Morgan fingerprint density at radius 2 is 0.754 bits per heavy atom. The van der Waals surface area contributed by atoms with E-state index < -0.39 is 0 Å². The van der Waals surface area contributed by atoms with Gasteiger partial charge < -0.3 is 9.97 Å². The van der Waals surface area contributed by atoms with E-state index in [1.807, 2.05) is 72.9 Å². The van der Waals surface area contributed by atoms with Gasteiger partial charge in [0, 0.05) is 32.5 Å². The molecular weight excluding hydrogens is 917 g/mol. The molecule has 0 N–H and O–H groups in total. The zero-order valence-electron chi connectivity index (χ0n) is 34.3. The molecule has 7 aromatic carbocycles. The Balaban J connectivity index is 0.000000370. The number of nitrogens with zero attached hydrogens (tertiary/aromatic N) is 2. The third-order valence-corrected chi connectivity index (χ3v) is 10.8. The molecular formula is C58H48IrN2-2. The molecule has 0 aliphatic carbocycles. The molecule has 301 valence electrons. The van der Waals surface area contributed by atoms with Gasteiger partial charge in [0.05, 0.1) is 0 Å². The van der Waals surface area contributed by atoms with E-state index in [1.165, 1.54) is 82.2 Å². The number of rotatable bonds is 13. The Morgan fingerprint density at radius 3 is 1.28 bits per heavy atom. The van der Waals surface area contributed by atoms with E-state index in [1.54, 1.807) is 6.20 Å². The van der Waals surface area contributed by atoms with E-state index in [2.05, 4.69) is 162 Å². The monoisotopic (exact) mass is 965 g/mol. The summed E-state index contributed by atoms with van der Waals surface area (Å²) in [7, 11) is 0. The van der Waals surface area contributed by atoms with Gasteiger partial charge in [0.1, 0.15) is 0 Å². The van der Waals surface area contributed by atoms with Crippen molar-refractivity contribution in [2.75, 3.05) is 0 Å². The van der Waals surface area contributed by atoms with Crippen molar-refractivity contribution in [3.8, 4) is 67.0 Å². The van der Waals surface area contributed by atoms with Crippen LogP contribution in [0.4, 0.5) is 0 Å². The van der Waals surface area contributed by atoms with Gasteiger partial charge in [-0.1, -0.05) is 146 Å². The summed E-state index contributed by atoms with van der Waals surface area (Å²) in [6, 6.07) is 79.0. The number of aryl methyl sites for hydroxylation is 2. The Hall–Kier alpha value is -6.51. The van der Waals surface area contributed by atoms with Crippen molar-refractivity contribution < 1.29 is 20.1 Å². The van der Waals surface area contributed by atoms with Crippen molar-refractivity contribution in [1.29, 1.82) is 0 Å². The van der Waals surface area contributed by atoms with Crippen LogP contribution in [-0.2, 0) is 32.9 Å². The summed E-state index contributed by atoms with van der Waals surface area (Å²) in [6.07, 6.45) is 11.0. The molecule has 0 saturated heterocycles. The maximum atomic E-state index is 4.51. The van der Waals surface area contributed by atoms with E-state index in [9.17, 15) is 0 Å². The predicted molar refractivity (Wildman–Crippen MR) is 251 cm³/mol. The number of unbranched alkanes of at least 4 members (excludes halogenated alkanes) is 3. The molecule has 0 bridgehead atoms. The van der Waals surface area contributed by atoms with Gasteiger partial charge in [0.25, 0.3) is 0 Å². The molecule has 2 nitrogen and oxygen atoms in total. The molecule has 0 fully saturated rings. The van der Waals surface area contributed by atoms with Crippen molar-refractivity contribution in [3.63, 3.8) is 0 Å². The van der Waals surface area contributed by atoms with E-state index >= 15 is 0 Å². The maximum Gasteiger partial charge on any atom is 0.0160 e. The van der Waals surface area contributed by atoms with E-state index in [0.717, 1.165) is 34.5 Å². The molecule has 0 unspecified atom stereocenters. The molecule has 1 radical (unpaired) electrons. The van der Waals surface area contributed by atoms with Gasteiger partial charge in [-0.05, 0) is 117 Å². The van der Waals surface area contributed by atoms with Crippen molar-refractivity contribution in [1.82, 2.24) is 9.97 Å². The molecule has 2 heterocycles. The van der Waals surface area contributed by atoms with Crippen LogP contribution in [0.1, 0.15) is 36.8 Å². The molecule has 61 heavy (non-hydrogen) atoms. The Bertz CT molecular complexity index is 2660. The second kappa shape index (κ2) is 22.2. The number of benzene rings is 7. The normalized spacial score (nSPS) is 10.6. The summed E-state index contributed by atoms with van der Waals surface area (Å²) < 4.78 is 0. The van der Waals surface area contributed by atoms with Gasteiger partial charge in [-0.3, -0.25) is 0 Å². The third-order valence-electron chi connectivity index (χ3n) is 10.8. The van der Waals surface area contributed by atoms with Crippen LogP contribution in [0, 0.1) is 12.1 Å². The molecule has 0 spiro atoms. The summed E-state index contributed by atoms with van der Waals surface area (Å²) in [5.41, 5.74) is 16.6. The van der Waals surface area contributed by atoms with Crippen LogP contribution in [0.3, 0.4) is 0 Å². The van der Waals surface area contributed by atoms with Gasteiger partial charge in [-0.15, -0.1) is 71.3 Å². The number of hydrogen-bond acceptors (Lipinski definition) is 2. The predicted octanol–water partition coefficient (Wildman–Crippen LogP) is 15.1. The minimum absolute atomic E-state index is 0. The topological polar surface area (TPSA) is 25.8 Å². The standard InChI is InChI=1S/C47H40N.C11H8N.Ir/c1(4-15-36-16-6-3-7-17-36)2-5-18-37-19-10-20-38(31-37)39-21-11-22-40(32-39)41-23-12-24-42(33-41)43-25-13-26-44(34-43)45-27-14-28-46(35-45)47-29-8-9-30-48-47;1-2-6-10(7-3-1)11-8-4-5-9-12-11;/h3,6-14,16-17,19-27,29-35H,1-2,4-5,15,18H2;1-6,8-9H;/q2*-1;. The molecule has 2 aromatic heterocycles. The molecule has 0 aliphatic rings. The van der Waals surface area contributed by atoms with Crippen LogP contribution < -0.4 is 0 Å². The average Bonchev–Trinajstić information content (AvgIpc) is 3.34. The summed E-state index contributed by atoms with van der Waals surface area (Å²) in [4.78, 5) is 8.73. The quantitative estimate of drug-likeness (QED) is 0.0850.